The second-order valence-corrected chi connectivity index (χ2v) is 8.85. The minimum atomic E-state index is -0.591. The van der Waals surface area contributed by atoms with Crippen LogP contribution in [0.4, 0.5) is 0 Å². The number of aryl methyl sites for hydroxylation is 2. The number of hydrogen-bond acceptors (Lipinski definition) is 5. The Morgan fingerprint density at radius 2 is 2.14 bits per heavy atom. The third-order valence-corrected chi connectivity index (χ3v) is 6.26. The van der Waals surface area contributed by atoms with E-state index in [2.05, 4.69) is 18.4 Å². The lowest BCUT2D eigenvalue weighted by molar-refractivity contribution is -0.118. The van der Waals surface area contributed by atoms with Crippen molar-refractivity contribution in [1.82, 2.24) is 0 Å². The van der Waals surface area contributed by atoms with Gasteiger partial charge in [-0.05, 0) is 62.0 Å². The number of amides is 1. The van der Waals surface area contributed by atoms with Crippen molar-refractivity contribution in [3.05, 3.63) is 46.2 Å². The normalized spacial score (nSPS) is 26.4. The monoisotopic (exact) mass is 407 g/mol. The Bertz CT molecular complexity index is 669. The van der Waals surface area contributed by atoms with Crippen molar-refractivity contribution in [2.45, 2.75) is 70.2 Å². The molecule has 1 heterocycles. The van der Waals surface area contributed by atoms with E-state index in [1.54, 1.807) is 17.4 Å². The Labute approximate surface area is 171 Å². The molecular weight excluding hydrogens is 374 g/mol. The number of aliphatic hydroxyl groups excluding tert-OH is 3. The molecule has 0 aliphatic heterocycles. The summed E-state index contributed by atoms with van der Waals surface area (Å²) in [5.41, 5.74) is 6.36. The van der Waals surface area contributed by atoms with E-state index in [-0.39, 0.29) is 17.7 Å². The number of carbonyl (C=O) groups excluding carboxylic acids is 1. The first-order valence-corrected chi connectivity index (χ1v) is 10.9. The van der Waals surface area contributed by atoms with Crippen LogP contribution in [0.3, 0.4) is 0 Å². The molecule has 5 atom stereocenters. The van der Waals surface area contributed by atoms with Gasteiger partial charge in [0.25, 0.3) is 0 Å². The molecule has 1 fully saturated rings. The van der Waals surface area contributed by atoms with Crippen molar-refractivity contribution in [3.8, 4) is 0 Å². The predicted octanol–water partition coefficient (Wildman–Crippen LogP) is 2.87. The number of unbranched alkanes of at least 4 members (excludes halogenated alkanes) is 1. The summed E-state index contributed by atoms with van der Waals surface area (Å²) in [6, 6.07) is 2.14. The van der Waals surface area contributed by atoms with E-state index < -0.39 is 18.3 Å². The Hall–Kier alpha value is -1.47. The number of hydrogen-bond donors (Lipinski definition) is 4. The predicted molar refractivity (Wildman–Crippen MR) is 113 cm³/mol. The third kappa shape index (κ3) is 7.51. The summed E-state index contributed by atoms with van der Waals surface area (Å²) in [6.07, 6.45) is 10.3. The molecule has 28 heavy (non-hydrogen) atoms. The van der Waals surface area contributed by atoms with Crippen molar-refractivity contribution in [1.29, 1.82) is 0 Å². The SMILES string of the molecule is Cc1cc(CCC(O)C=CC2C(O)CC(O)[C@@H]2CC=CCCCC(N)=O)cs1. The molecule has 0 aromatic carbocycles. The molecule has 2 rings (SSSR count). The van der Waals surface area contributed by atoms with Crippen LogP contribution in [0.1, 0.15) is 49.0 Å². The van der Waals surface area contributed by atoms with Gasteiger partial charge in [0.1, 0.15) is 0 Å². The van der Waals surface area contributed by atoms with Crippen LogP contribution < -0.4 is 5.73 Å². The van der Waals surface area contributed by atoms with Crippen LogP contribution in [-0.4, -0.2) is 39.5 Å². The summed E-state index contributed by atoms with van der Waals surface area (Å²) >= 11 is 1.71. The Balaban J connectivity index is 1.81. The summed E-state index contributed by atoms with van der Waals surface area (Å²) in [5.74, 6) is -0.519. The molecule has 1 saturated carbocycles. The number of rotatable bonds is 11. The van der Waals surface area contributed by atoms with Crippen LogP contribution in [0.25, 0.3) is 0 Å². The molecule has 1 aliphatic rings. The second-order valence-electron chi connectivity index (χ2n) is 7.73. The average molecular weight is 408 g/mol. The molecule has 156 valence electrons. The fourth-order valence-electron chi connectivity index (χ4n) is 3.77. The van der Waals surface area contributed by atoms with Crippen LogP contribution in [0, 0.1) is 18.8 Å². The lowest BCUT2D eigenvalue weighted by Gasteiger charge is -2.19. The van der Waals surface area contributed by atoms with Gasteiger partial charge in [0.15, 0.2) is 0 Å². The van der Waals surface area contributed by atoms with Gasteiger partial charge < -0.3 is 21.1 Å². The van der Waals surface area contributed by atoms with Crippen molar-refractivity contribution >= 4 is 17.2 Å². The van der Waals surface area contributed by atoms with Gasteiger partial charge in [-0.1, -0.05) is 24.3 Å². The van der Waals surface area contributed by atoms with Crippen molar-refractivity contribution in [3.63, 3.8) is 0 Å². The average Bonchev–Trinajstić information content (AvgIpc) is 3.16. The molecule has 0 spiro atoms. The highest BCUT2D eigenvalue weighted by Crippen LogP contribution is 2.36. The van der Waals surface area contributed by atoms with Crippen LogP contribution in [0.5, 0.6) is 0 Å². The van der Waals surface area contributed by atoms with Crippen molar-refractivity contribution < 1.29 is 20.1 Å². The molecule has 0 saturated heterocycles. The van der Waals surface area contributed by atoms with Crippen molar-refractivity contribution in [2.75, 3.05) is 0 Å². The zero-order valence-electron chi connectivity index (χ0n) is 16.5. The maximum Gasteiger partial charge on any atom is 0.217 e. The highest BCUT2D eigenvalue weighted by molar-refractivity contribution is 7.10. The molecule has 1 aromatic heterocycles. The number of carbonyl (C=O) groups is 1. The minimum Gasteiger partial charge on any atom is -0.393 e. The molecule has 4 unspecified atom stereocenters. The van der Waals surface area contributed by atoms with Crippen LogP contribution >= 0.6 is 11.3 Å². The highest BCUT2D eigenvalue weighted by atomic mass is 32.1. The van der Waals surface area contributed by atoms with Gasteiger partial charge in [0, 0.05) is 23.6 Å². The lowest BCUT2D eigenvalue weighted by Crippen LogP contribution is -2.20. The van der Waals surface area contributed by atoms with E-state index in [0.29, 0.717) is 25.7 Å². The van der Waals surface area contributed by atoms with Gasteiger partial charge in [-0.25, -0.2) is 0 Å². The first-order valence-electron chi connectivity index (χ1n) is 10.1. The van der Waals surface area contributed by atoms with Crippen LogP contribution in [0.15, 0.2) is 35.8 Å². The first-order chi connectivity index (χ1) is 13.4. The minimum absolute atomic E-state index is 0.0645. The fraction of sp³-hybridized carbons (Fsp3) is 0.591. The molecule has 0 bridgehead atoms. The zero-order valence-corrected chi connectivity index (χ0v) is 17.4. The van der Waals surface area contributed by atoms with Gasteiger partial charge in [-0.15, -0.1) is 11.3 Å². The smallest absolute Gasteiger partial charge is 0.217 e. The van der Waals surface area contributed by atoms with E-state index in [0.717, 1.165) is 19.3 Å². The van der Waals surface area contributed by atoms with E-state index in [1.165, 1.54) is 10.4 Å². The molecule has 6 heteroatoms. The summed E-state index contributed by atoms with van der Waals surface area (Å²) < 4.78 is 0. The van der Waals surface area contributed by atoms with E-state index in [1.807, 2.05) is 18.2 Å². The lowest BCUT2D eigenvalue weighted by atomic mass is 9.89. The maximum absolute atomic E-state index is 10.7. The molecule has 5 N–H and O–H groups in total. The summed E-state index contributed by atoms with van der Waals surface area (Å²) in [6.45, 7) is 2.07. The van der Waals surface area contributed by atoms with E-state index in [9.17, 15) is 20.1 Å². The highest BCUT2D eigenvalue weighted by Gasteiger charge is 2.39. The van der Waals surface area contributed by atoms with Crippen LogP contribution in [-0.2, 0) is 11.2 Å². The van der Waals surface area contributed by atoms with Gasteiger partial charge in [0.2, 0.25) is 5.91 Å². The molecule has 5 nitrogen and oxygen atoms in total. The first kappa shape index (κ1) is 22.8. The molecule has 0 radical (unpaired) electrons. The van der Waals surface area contributed by atoms with E-state index in [4.69, 9.17) is 5.73 Å². The number of thiophene rings is 1. The van der Waals surface area contributed by atoms with Gasteiger partial charge in [0.05, 0.1) is 18.3 Å². The van der Waals surface area contributed by atoms with Crippen molar-refractivity contribution in [2.24, 2.45) is 17.6 Å². The number of nitrogens with two attached hydrogens (primary N) is 1. The fourth-order valence-corrected chi connectivity index (χ4v) is 4.51. The number of aliphatic hydroxyl groups is 3. The standard InChI is InChI=1S/C22H33NO4S/c1-15-12-16(14-28-15)8-9-17(24)10-11-19-18(20(25)13-21(19)26)6-4-2-3-5-7-22(23)27/h2,4,10-12,14,17-21,24-26H,3,5-9,13H2,1H3,(H2,23,27)/t17?,18-,19?,20?,21?/m1/s1. The van der Waals surface area contributed by atoms with E-state index >= 15 is 0 Å². The molecule has 1 amide bonds. The molecule has 1 aliphatic carbocycles. The molecule has 1 aromatic rings. The van der Waals surface area contributed by atoms with Gasteiger partial charge in [-0.3, -0.25) is 4.79 Å². The molecular formula is C22H33NO4S. The summed E-state index contributed by atoms with van der Waals surface area (Å²) in [4.78, 5) is 12.0. The maximum atomic E-state index is 10.7. The summed E-state index contributed by atoms with van der Waals surface area (Å²) in [5, 5.41) is 32.9. The number of allylic oxidation sites excluding steroid dienone is 2. The summed E-state index contributed by atoms with van der Waals surface area (Å²) in [7, 11) is 0. The third-order valence-electron chi connectivity index (χ3n) is 5.35. The topological polar surface area (TPSA) is 104 Å². The quantitative estimate of drug-likeness (QED) is 0.334. The Kier molecular flexibility index (Phi) is 9.38. The van der Waals surface area contributed by atoms with Gasteiger partial charge >= 0.3 is 0 Å². The zero-order chi connectivity index (χ0) is 20.5. The largest absolute Gasteiger partial charge is 0.393 e. The van der Waals surface area contributed by atoms with Crippen LogP contribution in [0.2, 0.25) is 0 Å². The Morgan fingerprint density at radius 1 is 1.36 bits per heavy atom. The van der Waals surface area contributed by atoms with Gasteiger partial charge in [-0.2, -0.15) is 0 Å². The Morgan fingerprint density at radius 3 is 2.82 bits per heavy atom. The second kappa shape index (κ2) is 11.5. The number of primary amides is 1.